The van der Waals surface area contributed by atoms with E-state index in [1.54, 1.807) is 6.20 Å². The van der Waals surface area contributed by atoms with Crippen LogP contribution >= 0.6 is 15.9 Å². The van der Waals surface area contributed by atoms with Crippen molar-refractivity contribution in [2.75, 3.05) is 0 Å². The molecule has 120 valence electrons. The number of hydrogen-bond acceptors (Lipinski definition) is 2. The Morgan fingerprint density at radius 1 is 1.14 bits per heavy atom. The molecule has 2 rings (SSSR count). The molecule has 1 heterocycles. The number of aromatic nitrogens is 1. The largest absolute Gasteiger partial charge is 0.424 e. The zero-order chi connectivity index (χ0) is 15.8. The van der Waals surface area contributed by atoms with Crippen LogP contribution in [0, 0.1) is 0 Å². The van der Waals surface area contributed by atoms with E-state index in [9.17, 15) is 4.79 Å². The van der Waals surface area contributed by atoms with Gasteiger partial charge in [0, 0.05) is 28.0 Å². The minimum atomic E-state index is -0.144. The highest BCUT2D eigenvalue weighted by Gasteiger charge is 2.10. The number of aromatic amines is 1. The highest BCUT2D eigenvalue weighted by Crippen LogP contribution is 2.28. The van der Waals surface area contributed by atoms with Gasteiger partial charge < -0.3 is 9.72 Å². The molecule has 0 saturated heterocycles. The average molecular weight is 366 g/mol. The van der Waals surface area contributed by atoms with Crippen LogP contribution in [0.2, 0.25) is 0 Å². The lowest BCUT2D eigenvalue weighted by Gasteiger charge is -2.03. The van der Waals surface area contributed by atoms with Crippen LogP contribution in [0.15, 0.2) is 28.9 Å². The number of carbonyl (C=O) groups is 1. The summed E-state index contributed by atoms with van der Waals surface area (Å²) in [5, 5.41) is 0.933. The predicted octanol–water partition coefficient (Wildman–Crippen LogP) is 5.98. The minimum Gasteiger partial charge on any atom is -0.424 e. The Kier molecular flexibility index (Phi) is 6.97. The van der Waals surface area contributed by atoms with Crippen molar-refractivity contribution in [2.24, 2.45) is 0 Å². The van der Waals surface area contributed by atoms with Crippen LogP contribution in [0.3, 0.4) is 0 Å². The van der Waals surface area contributed by atoms with Gasteiger partial charge >= 0.3 is 5.97 Å². The van der Waals surface area contributed by atoms with Crippen molar-refractivity contribution >= 4 is 32.8 Å². The molecule has 22 heavy (non-hydrogen) atoms. The van der Waals surface area contributed by atoms with Crippen LogP contribution < -0.4 is 4.74 Å². The first-order valence-electron chi connectivity index (χ1n) is 8.18. The second-order valence-electron chi connectivity index (χ2n) is 5.69. The van der Waals surface area contributed by atoms with Gasteiger partial charge in [-0.15, -0.1) is 0 Å². The summed E-state index contributed by atoms with van der Waals surface area (Å²) < 4.78 is 6.45. The third-order valence-corrected chi connectivity index (χ3v) is 4.31. The van der Waals surface area contributed by atoms with Crippen molar-refractivity contribution in [3.8, 4) is 5.75 Å². The number of benzene rings is 1. The zero-order valence-corrected chi connectivity index (χ0v) is 14.7. The van der Waals surface area contributed by atoms with E-state index in [-0.39, 0.29) is 5.97 Å². The molecule has 3 nitrogen and oxygen atoms in total. The maximum Gasteiger partial charge on any atom is 0.311 e. The van der Waals surface area contributed by atoms with E-state index < -0.39 is 0 Å². The number of halogens is 1. The molecular weight excluding hydrogens is 342 g/mol. The van der Waals surface area contributed by atoms with Crippen molar-refractivity contribution in [1.82, 2.24) is 4.98 Å². The molecule has 0 aliphatic rings. The highest BCUT2D eigenvalue weighted by atomic mass is 79.9. The van der Waals surface area contributed by atoms with E-state index in [4.69, 9.17) is 4.74 Å². The Bertz CT molecular complexity index is 606. The summed E-state index contributed by atoms with van der Waals surface area (Å²) in [6.07, 6.45) is 10.7. The molecule has 0 aliphatic carbocycles. The van der Waals surface area contributed by atoms with Crippen LogP contribution in [-0.4, -0.2) is 11.0 Å². The SMILES string of the molecule is CCCCCCCCCC(=O)Oc1c[nH]c2ccc(Br)cc12. The van der Waals surface area contributed by atoms with Gasteiger partial charge in [-0.25, -0.2) is 0 Å². The topological polar surface area (TPSA) is 42.1 Å². The fraction of sp³-hybridized carbons (Fsp3) is 0.500. The number of H-pyrrole nitrogens is 1. The monoisotopic (exact) mass is 365 g/mol. The van der Waals surface area contributed by atoms with Crippen LogP contribution in [-0.2, 0) is 4.79 Å². The summed E-state index contributed by atoms with van der Waals surface area (Å²) in [5.41, 5.74) is 0.974. The highest BCUT2D eigenvalue weighted by molar-refractivity contribution is 9.10. The summed E-state index contributed by atoms with van der Waals surface area (Å²) >= 11 is 3.44. The molecule has 0 unspecified atom stereocenters. The van der Waals surface area contributed by atoms with Gasteiger partial charge in [0.15, 0.2) is 5.75 Å². The molecule has 4 heteroatoms. The molecule has 0 aliphatic heterocycles. The average Bonchev–Trinajstić information content (AvgIpc) is 2.88. The predicted molar refractivity (Wildman–Crippen MR) is 94.2 cm³/mol. The Labute approximate surface area is 140 Å². The number of esters is 1. The Morgan fingerprint density at radius 2 is 1.86 bits per heavy atom. The minimum absolute atomic E-state index is 0.144. The Hall–Kier alpha value is -1.29. The van der Waals surface area contributed by atoms with Gasteiger partial charge in [0.05, 0.1) is 0 Å². The smallest absolute Gasteiger partial charge is 0.311 e. The molecular formula is C18H24BrNO2. The Balaban J connectivity index is 1.73. The summed E-state index contributed by atoms with van der Waals surface area (Å²) in [5.74, 6) is 0.471. The molecule has 1 aromatic carbocycles. The standard InChI is InChI=1S/C18H24BrNO2/c1-2-3-4-5-6-7-8-9-18(21)22-17-13-20-16-11-10-14(19)12-15(16)17/h10-13,20H,2-9H2,1H3. The fourth-order valence-electron chi connectivity index (χ4n) is 2.55. The van der Waals surface area contributed by atoms with E-state index in [2.05, 4.69) is 27.8 Å². The van der Waals surface area contributed by atoms with Crippen molar-refractivity contribution in [3.63, 3.8) is 0 Å². The number of carbonyl (C=O) groups excluding carboxylic acids is 1. The van der Waals surface area contributed by atoms with Gasteiger partial charge in [0.2, 0.25) is 0 Å². The van der Waals surface area contributed by atoms with Gasteiger partial charge in [0.1, 0.15) is 0 Å². The number of hydrogen-bond donors (Lipinski definition) is 1. The van der Waals surface area contributed by atoms with Crippen molar-refractivity contribution < 1.29 is 9.53 Å². The fourth-order valence-corrected chi connectivity index (χ4v) is 2.91. The first-order valence-corrected chi connectivity index (χ1v) is 8.97. The molecule has 0 bridgehead atoms. The summed E-state index contributed by atoms with van der Waals surface area (Å²) in [7, 11) is 0. The molecule has 0 atom stereocenters. The molecule has 0 spiro atoms. The first-order chi connectivity index (χ1) is 10.7. The quantitative estimate of drug-likeness (QED) is 0.438. The molecule has 0 saturated carbocycles. The van der Waals surface area contributed by atoms with Gasteiger partial charge in [-0.3, -0.25) is 4.79 Å². The zero-order valence-electron chi connectivity index (χ0n) is 13.2. The van der Waals surface area contributed by atoms with Crippen LogP contribution in [0.25, 0.3) is 10.9 Å². The number of ether oxygens (including phenoxy) is 1. The number of unbranched alkanes of at least 4 members (excludes halogenated alkanes) is 6. The van der Waals surface area contributed by atoms with Gasteiger partial charge in [0.25, 0.3) is 0 Å². The molecule has 0 fully saturated rings. The molecule has 2 aromatic rings. The molecule has 1 aromatic heterocycles. The molecule has 1 N–H and O–H groups in total. The third-order valence-electron chi connectivity index (χ3n) is 3.81. The lowest BCUT2D eigenvalue weighted by atomic mass is 10.1. The van der Waals surface area contributed by atoms with Crippen LogP contribution in [0.4, 0.5) is 0 Å². The van der Waals surface area contributed by atoms with Gasteiger partial charge in [-0.2, -0.15) is 0 Å². The number of nitrogens with one attached hydrogen (secondary N) is 1. The van der Waals surface area contributed by atoms with Crippen LogP contribution in [0.5, 0.6) is 5.75 Å². The van der Waals surface area contributed by atoms with Crippen molar-refractivity contribution in [1.29, 1.82) is 0 Å². The molecule has 0 amide bonds. The molecule has 0 radical (unpaired) electrons. The van der Waals surface area contributed by atoms with Gasteiger partial charge in [-0.05, 0) is 24.6 Å². The maximum atomic E-state index is 11.9. The normalized spacial score (nSPS) is 11.0. The lowest BCUT2D eigenvalue weighted by Crippen LogP contribution is -2.07. The van der Waals surface area contributed by atoms with Crippen LogP contribution in [0.1, 0.15) is 58.3 Å². The lowest BCUT2D eigenvalue weighted by molar-refractivity contribution is -0.134. The first kappa shape index (κ1) is 17.1. The summed E-state index contributed by atoms with van der Waals surface area (Å²) in [6, 6.07) is 5.89. The van der Waals surface area contributed by atoms with E-state index in [1.165, 1.54) is 32.1 Å². The van der Waals surface area contributed by atoms with E-state index in [0.717, 1.165) is 28.2 Å². The third kappa shape index (κ3) is 5.16. The Morgan fingerprint density at radius 3 is 2.64 bits per heavy atom. The van der Waals surface area contributed by atoms with E-state index >= 15 is 0 Å². The number of rotatable bonds is 9. The van der Waals surface area contributed by atoms with Crippen molar-refractivity contribution in [3.05, 3.63) is 28.9 Å². The van der Waals surface area contributed by atoms with Gasteiger partial charge in [-0.1, -0.05) is 61.4 Å². The maximum absolute atomic E-state index is 11.9. The summed E-state index contributed by atoms with van der Waals surface area (Å²) in [4.78, 5) is 15.0. The van der Waals surface area contributed by atoms with E-state index in [1.807, 2.05) is 18.2 Å². The van der Waals surface area contributed by atoms with E-state index in [0.29, 0.717) is 12.2 Å². The second kappa shape index (κ2) is 8.99. The summed E-state index contributed by atoms with van der Waals surface area (Å²) in [6.45, 7) is 2.22. The van der Waals surface area contributed by atoms with Crippen molar-refractivity contribution in [2.45, 2.75) is 58.3 Å². The second-order valence-corrected chi connectivity index (χ2v) is 6.60. The number of fused-ring (bicyclic) bond motifs is 1.